The molecule has 1 aromatic heterocycles. The van der Waals surface area contributed by atoms with Gasteiger partial charge in [0.25, 0.3) is 5.91 Å². The molecule has 0 saturated carbocycles. The van der Waals surface area contributed by atoms with Crippen molar-refractivity contribution in [2.24, 2.45) is 0 Å². The molecule has 2 N–H and O–H groups in total. The molecule has 0 aliphatic heterocycles. The largest absolute Gasteiger partial charge is 0.360 e. The first-order valence-electron chi connectivity index (χ1n) is 8.29. The van der Waals surface area contributed by atoms with Crippen LogP contribution < -0.4 is 10.6 Å². The maximum absolute atomic E-state index is 12.3. The Hall–Kier alpha value is -3.41. The predicted molar refractivity (Wildman–Crippen MR) is 98.7 cm³/mol. The van der Waals surface area contributed by atoms with Crippen molar-refractivity contribution >= 4 is 17.6 Å². The molecular weight excluding hydrogens is 330 g/mol. The molecule has 0 unspecified atom stereocenters. The van der Waals surface area contributed by atoms with Crippen molar-refractivity contribution in [2.45, 2.75) is 13.3 Å². The zero-order valence-corrected chi connectivity index (χ0v) is 14.4. The average Bonchev–Trinajstić information content (AvgIpc) is 3.07. The zero-order chi connectivity index (χ0) is 18.4. The molecule has 1 heterocycles. The van der Waals surface area contributed by atoms with Gasteiger partial charge < -0.3 is 15.2 Å². The minimum Gasteiger partial charge on any atom is -0.360 e. The Balaban J connectivity index is 1.53. The van der Waals surface area contributed by atoms with Crippen LogP contribution >= 0.6 is 0 Å². The molecule has 6 nitrogen and oxygen atoms in total. The summed E-state index contributed by atoms with van der Waals surface area (Å²) in [6.07, 6.45) is 0.149. The molecule has 0 aliphatic rings. The van der Waals surface area contributed by atoms with E-state index in [4.69, 9.17) is 4.52 Å². The Kier molecular flexibility index (Phi) is 5.43. The fourth-order valence-electron chi connectivity index (χ4n) is 2.49. The van der Waals surface area contributed by atoms with Crippen LogP contribution in [-0.2, 0) is 4.79 Å². The monoisotopic (exact) mass is 349 g/mol. The number of nitrogens with one attached hydrogen (secondary N) is 2. The van der Waals surface area contributed by atoms with Crippen LogP contribution in [-0.4, -0.2) is 23.5 Å². The van der Waals surface area contributed by atoms with Gasteiger partial charge in [-0.05, 0) is 30.2 Å². The van der Waals surface area contributed by atoms with Crippen LogP contribution in [0.3, 0.4) is 0 Å². The second-order valence-electron chi connectivity index (χ2n) is 5.82. The van der Waals surface area contributed by atoms with Crippen molar-refractivity contribution in [1.82, 2.24) is 10.5 Å². The Morgan fingerprint density at radius 1 is 1.00 bits per heavy atom. The van der Waals surface area contributed by atoms with E-state index in [9.17, 15) is 9.59 Å². The van der Waals surface area contributed by atoms with Gasteiger partial charge in [0.05, 0.1) is 0 Å². The van der Waals surface area contributed by atoms with E-state index >= 15 is 0 Å². The molecule has 0 spiro atoms. The average molecular weight is 349 g/mol. The molecule has 0 atom stereocenters. The number of hydrogen-bond acceptors (Lipinski definition) is 4. The van der Waals surface area contributed by atoms with Gasteiger partial charge in [0.2, 0.25) is 5.91 Å². The lowest BCUT2D eigenvalue weighted by molar-refractivity contribution is -0.116. The van der Waals surface area contributed by atoms with Crippen molar-refractivity contribution in [3.8, 4) is 11.1 Å². The van der Waals surface area contributed by atoms with E-state index in [1.807, 2.05) is 48.5 Å². The van der Waals surface area contributed by atoms with Crippen LogP contribution in [0.15, 0.2) is 65.2 Å². The smallest absolute Gasteiger partial charge is 0.251 e. The number of carbonyl (C=O) groups excluding carboxylic acids is 2. The first-order chi connectivity index (χ1) is 12.6. The van der Waals surface area contributed by atoms with Gasteiger partial charge in [-0.2, -0.15) is 0 Å². The summed E-state index contributed by atoms with van der Waals surface area (Å²) < 4.78 is 4.88. The summed E-state index contributed by atoms with van der Waals surface area (Å²) in [5, 5.41) is 9.06. The number of aromatic nitrogens is 1. The first kappa shape index (κ1) is 17.4. The summed E-state index contributed by atoms with van der Waals surface area (Å²) in [6.45, 7) is 1.98. The molecule has 3 rings (SSSR count). The molecular formula is C20H19N3O3. The summed E-state index contributed by atoms with van der Waals surface area (Å²) in [7, 11) is 0. The van der Waals surface area contributed by atoms with Gasteiger partial charge in [-0.1, -0.05) is 47.6 Å². The van der Waals surface area contributed by atoms with Crippen LogP contribution in [0.1, 0.15) is 22.5 Å². The van der Waals surface area contributed by atoms with Gasteiger partial charge in [-0.25, -0.2) is 0 Å². The fourth-order valence-corrected chi connectivity index (χ4v) is 2.49. The highest BCUT2D eigenvalue weighted by atomic mass is 16.5. The van der Waals surface area contributed by atoms with Gasteiger partial charge in [-0.3, -0.25) is 9.59 Å². The Morgan fingerprint density at radius 3 is 2.50 bits per heavy atom. The Bertz CT molecular complexity index is 903. The third kappa shape index (κ3) is 4.57. The fraction of sp³-hybridized carbons (Fsp3) is 0.150. The molecule has 0 radical (unpaired) electrons. The normalized spacial score (nSPS) is 10.3. The van der Waals surface area contributed by atoms with Gasteiger partial charge in [0.1, 0.15) is 5.76 Å². The highest BCUT2D eigenvalue weighted by molar-refractivity contribution is 5.96. The molecule has 3 aromatic rings. The third-order valence-electron chi connectivity index (χ3n) is 3.76. The SMILES string of the molecule is Cc1cc(NC(=O)CCNC(=O)c2cccc(-c3ccccc3)c2)no1. The van der Waals surface area contributed by atoms with E-state index in [-0.39, 0.29) is 24.8 Å². The number of rotatable bonds is 6. The number of benzene rings is 2. The lowest BCUT2D eigenvalue weighted by atomic mass is 10.0. The zero-order valence-electron chi connectivity index (χ0n) is 14.4. The van der Waals surface area contributed by atoms with Gasteiger partial charge in [-0.15, -0.1) is 0 Å². The van der Waals surface area contributed by atoms with Crippen LogP contribution in [0.4, 0.5) is 5.82 Å². The molecule has 2 aromatic carbocycles. The number of anilines is 1. The standard InChI is InChI=1S/C20H19N3O3/c1-14-12-18(23-26-14)22-19(24)10-11-21-20(25)17-9-5-8-16(13-17)15-6-3-2-4-7-15/h2-9,12-13H,10-11H2,1H3,(H,21,25)(H,22,23,24). The van der Waals surface area contributed by atoms with E-state index in [2.05, 4.69) is 15.8 Å². The summed E-state index contributed by atoms with van der Waals surface area (Å²) >= 11 is 0. The summed E-state index contributed by atoms with van der Waals surface area (Å²) in [5.74, 6) is 0.533. The maximum Gasteiger partial charge on any atom is 0.251 e. The lowest BCUT2D eigenvalue weighted by Gasteiger charge is -2.07. The molecule has 26 heavy (non-hydrogen) atoms. The van der Waals surface area contributed by atoms with Crippen LogP contribution in [0.2, 0.25) is 0 Å². The molecule has 0 bridgehead atoms. The van der Waals surface area contributed by atoms with Crippen LogP contribution in [0.25, 0.3) is 11.1 Å². The molecule has 2 amide bonds. The molecule has 132 valence electrons. The highest BCUT2D eigenvalue weighted by Gasteiger charge is 2.09. The minimum atomic E-state index is -0.239. The lowest BCUT2D eigenvalue weighted by Crippen LogP contribution is -2.27. The van der Waals surface area contributed by atoms with E-state index in [1.54, 1.807) is 19.1 Å². The van der Waals surface area contributed by atoms with E-state index in [0.717, 1.165) is 11.1 Å². The van der Waals surface area contributed by atoms with E-state index < -0.39 is 0 Å². The van der Waals surface area contributed by atoms with Crippen LogP contribution in [0, 0.1) is 6.92 Å². The minimum absolute atomic E-state index is 0.149. The molecule has 6 heteroatoms. The van der Waals surface area contributed by atoms with Gasteiger partial charge in [0, 0.05) is 24.6 Å². The van der Waals surface area contributed by atoms with E-state index in [0.29, 0.717) is 17.1 Å². The Morgan fingerprint density at radius 2 is 1.77 bits per heavy atom. The van der Waals surface area contributed by atoms with Gasteiger partial charge >= 0.3 is 0 Å². The highest BCUT2D eigenvalue weighted by Crippen LogP contribution is 2.19. The van der Waals surface area contributed by atoms with Crippen molar-refractivity contribution in [1.29, 1.82) is 0 Å². The summed E-state index contributed by atoms with van der Waals surface area (Å²) in [6, 6.07) is 18.9. The Labute approximate surface area is 151 Å². The quantitative estimate of drug-likeness (QED) is 0.714. The first-order valence-corrected chi connectivity index (χ1v) is 8.29. The number of aryl methyl sites for hydroxylation is 1. The molecule has 0 aliphatic carbocycles. The number of amides is 2. The van der Waals surface area contributed by atoms with Crippen molar-refractivity contribution in [3.63, 3.8) is 0 Å². The summed E-state index contributed by atoms with van der Waals surface area (Å²) in [4.78, 5) is 24.1. The summed E-state index contributed by atoms with van der Waals surface area (Å²) in [5.41, 5.74) is 2.57. The van der Waals surface area contributed by atoms with Crippen LogP contribution in [0.5, 0.6) is 0 Å². The number of nitrogens with zero attached hydrogens (tertiary/aromatic N) is 1. The number of carbonyl (C=O) groups is 2. The maximum atomic E-state index is 12.3. The second kappa shape index (κ2) is 8.11. The van der Waals surface area contributed by atoms with Crippen molar-refractivity contribution in [2.75, 3.05) is 11.9 Å². The topological polar surface area (TPSA) is 84.2 Å². The number of hydrogen-bond donors (Lipinski definition) is 2. The molecule has 0 saturated heterocycles. The van der Waals surface area contributed by atoms with Gasteiger partial charge in [0.15, 0.2) is 5.82 Å². The van der Waals surface area contributed by atoms with Crippen molar-refractivity contribution < 1.29 is 14.1 Å². The molecule has 0 fully saturated rings. The van der Waals surface area contributed by atoms with Crippen molar-refractivity contribution in [3.05, 3.63) is 72.0 Å². The van der Waals surface area contributed by atoms with E-state index in [1.165, 1.54) is 0 Å². The predicted octanol–water partition coefficient (Wildman–Crippen LogP) is 3.41. The second-order valence-corrected chi connectivity index (χ2v) is 5.82. The third-order valence-corrected chi connectivity index (χ3v) is 3.76.